The first kappa shape index (κ1) is 12.2. The van der Waals surface area contributed by atoms with Crippen LogP contribution >= 0.6 is 15.9 Å². The number of halogens is 1. The Bertz CT molecular complexity index is 364. The van der Waals surface area contributed by atoms with Gasteiger partial charge < -0.3 is 4.74 Å². The summed E-state index contributed by atoms with van der Waals surface area (Å²) >= 11 is 3.35. The van der Waals surface area contributed by atoms with E-state index in [0.717, 1.165) is 10.2 Å². The second-order valence-electron chi connectivity index (χ2n) is 3.47. The van der Waals surface area contributed by atoms with Crippen molar-refractivity contribution >= 4 is 21.9 Å². The molecule has 0 aliphatic heterocycles. The van der Waals surface area contributed by atoms with Gasteiger partial charge in [-0.05, 0) is 25.0 Å². The quantitative estimate of drug-likeness (QED) is 0.793. The van der Waals surface area contributed by atoms with Crippen LogP contribution in [0.1, 0.15) is 42.9 Å². The van der Waals surface area contributed by atoms with Crippen LogP contribution in [0.3, 0.4) is 0 Å². The normalized spacial score (nSPS) is 10.5. The van der Waals surface area contributed by atoms with Gasteiger partial charge in [-0.25, -0.2) is 9.78 Å². The summed E-state index contributed by atoms with van der Waals surface area (Å²) in [5.41, 5.74) is 1.24. The number of esters is 1. The van der Waals surface area contributed by atoms with E-state index in [9.17, 15) is 4.79 Å². The molecule has 0 atom stereocenters. The number of hydrogen-bond acceptors (Lipinski definition) is 3. The Kier molecular flexibility index (Phi) is 4.27. The van der Waals surface area contributed by atoms with E-state index >= 15 is 0 Å². The van der Waals surface area contributed by atoms with Crippen LogP contribution in [0.2, 0.25) is 0 Å². The Labute approximate surface area is 98.0 Å². The van der Waals surface area contributed by atoms with Crippen molar-refractivity contribution in [2.45, 2.75) is 26.7 Å². The molecule has 0 fully saturated rings. The molecular weight excluding hydrogens is 258 g/mol. The van der Waals surface area contributed by atoms with Gasteiger partial charge >= 0.3 is 5.97 Å². The van der Waals surface area contributed by atoms with Gasteiger partial charge in [0.1, 0.15) is 5.69 Å². The maximum atomic E-state index is 11.5. The maximum Gasteiger partial charge on any atom is 0.356 e. The molecule has 1 aromatic heterocycles. The Balaban J connectivity index is 3.03. The van der Waals surface area contributed by atoms with Crippen LogP contribution in [0.15, 0.2) is 16.6 Å². The largest absolute Gasteiger partial charge is 0.461 e. The molecule has 15 heavy (non-hydrogen) atoms. The summed E-state index contributed by atoms with van der Waals surface area (Å²) in [5, 5.41) is 0. The summed E-state index contributed by atoms with van der Waals surface area (Å²) in [7, 11) is 0. The van der Waals surface area contributed by atoms with Crippen LogP contribution in [-0.4, -0.2) is 17.6 Å². The molecule has 0 amide bonds. The first-order valence-electron chi connectivity index (χ1n) is 4.89. The van der Waals surface area contributed by atoms with Gasteiger partial charge in [0, 0.05) is 10.2 Å². The molecule has 0 bridgehead atoms. The van der Waals surface area contributed by atoms with Crippen LogP contribution in [0.5, 0.6) is 0 Å². The smallest absolute Gasteiger partial charge is 0.356 e. The van der Waals surface area contributed by atoms with E-state index in [1.165, 1.54) is 0 Å². The fraction of sp³-hybridized carbons (Fsp3) is 0.455. The average molecular weight is 272 g/mol. The lowest BCUT2D eigenvalue weighted by molar-refractivity contribution is 0.0519. The molecule has 4 heteroatoms. The van der Waals surface area contributed by atoms with Crippen molar-refractivity contribution in [1.29, 1.82) is 0 Å². The second-order valence-corrected chi connectivity index (χ2v) is 4.39. The number of carbonyl (C=O) groups excluding carboxylic acids is 1. The average Bonchev–Trinajstić information content (AvgIpc) is 2.17. The molecule has 0 saturated heterocycles. The molecular formula is C11H14BrNO2. The summed E-state index contributed by atoms with van der Waals surface area (Å²) in [6, 6.07) is 3.58. The topological polar surface area (TPSA) is 39.2 Å². The summed E-state index contributed by atoms with van der Waals surface area (Å²) in [4.78, 5) is 15.7. The minimum absolute atomic E-state index is 0.288. The second kappa shape index (κ2) is 5.26. The van der Waals surface area contributed by atoms with Crippen molar-refractivity contribution in [3.8, 4) is 0 Å². The predicted molar refractivity (Wildman–Crippen MR) is 62.0 cm³/mol. The number of rotatable bonds is 3. The molecule has 0 saturated carbocycles. The third kappa shape index (κ3) is 3.30. The zero-order chi connectivity index (χ0) is 11.4. The number of ether oxygens (including phenoxy) is 1. The van der Waals surface area contributed by atoms with Crippen molar-refractivity contribution in [3.63, 3.8) is 0 Å². The number of pyridine rings is 1. The highest BCUT2D eigenvalue weighted by Gasteiger charge is 2.12. The lowest BCUT2D eigenvalue weighted by Gasteiger charge is -2.07. The van der Waals surface area contributed by atoms with Gasteiger partial charge in [0.25, 0.3) is 0 Å². The lowest BCUT2D eigenvalue weighted by Crippen LogP contribution is -2.09. The molecule has 0 spiro atoms. The summed E-state index contributed by atoms with van der Waals surface area (Å²) in [5.74, 6) is -0.0867. The monoisotopic (exact) mass is 271 g/mol. The molecule has 1 aromatic rings. The lowest BCUT2D eigenvalue weighted by atomic mass is 10.1. The maximum absolute atomic E-state index is 11.5. The number of aromatic nitrogens is 1. The molecule has 0 aliphatic rings. The van der Waals surface area contributed by atoms with E-state index < -0.39 is 0 Å². The standard InChI is InChI=1S/C11H14BrNO2/c1-4-15-11(14)10-6-8(12)5-9(13-10)7(2)3/h5-7H,4H2,1-3H3. The fourth-order valence-electron chi connectivity index (χ4n) is 1.12. The Morgan fingerprint density at radius 2 is 2.20 bits per heavy atom. The van der Waals surface area contributed by atoms with Crippen molar-refractivity contribution in [3.05, 3.63) is 28.0 Å². The van der Waals surface area contributed by atoms with Crippen molar-refractivity contribution in [2.24, 2.45) is 0 Å². The van der Waals surface area contributed by atoms with Crippen molar-refractivity contribution in [1.82, 2.24) is 4.98 Å². The Morgan fingerprint density at radius 1 is 1.53 bits per heavy atom. The van der Waals surface area contributed by atoms with Gasteiger partial charge in [0.2, 0.25) is 0 Å². The van der Waals surface area contributed by atoms with Gasteiger partial charge in [-0.1, -0.05) is 29.8 Å². The molecule has 82 valence electrons. The van der Waals surface area contributed by atoms with Crippen LogP contribution in [0, 0.1) is 0 Å². The molecule has 0 aliphatic carbocycles. The minimum Gasteiger partial charge on any atom is -0.461 e. The Hall–Kier alpha value is -0.900. The van der Waals surface area contributed by atoms with Gasteiger partial charge in [-0.2, -0.15) is 0 Å². The first-order valence-corrected chi connectivity index (χ1v) is 5.68. The van der Waals surface area contributed by atoms with Gasteiger partial charge in [0.05, 0.1) is 6.61 Å². The van der Waals surface area contributed by atoms with Crippen LogP contribution in [0.25, 0.3) is 0 Å². The third-order valence-corrected chi connectivity index (χ3v) is 2.34. The highest BCUT2D eigenvalue weighted by molar-refractivity contribution is 9.10. The highest BCUT2D eigenvalue weighted by Crippen LogP contribution is 2.19. The van der Waals surface area contributed by atoms with E-state index in [2.05, 4.69) is 20.9 Å². The van der Waals surface area contributed by atoms with Crippen molar-refractivity contribution < 1.29 is 9.53 Å². The number of nitrogens with zero attached hydrogens (tertiary/aromatic N) is 1. The van der Waals surface area contributed by atoms with E-state index in [1.807, 2.05) is 19.9 Å². The molecule has 3 nitrogen and oxygen atoms in total. The van der Waals surface area contributed by atoms with Crippen molar-refractivity contribution in [2.75, 3.05) is 6.61 Å². The van der Waals surface area contributed by atoms with Gasteiger partial charge in [0.15, 0.2) is 0 Å². The van der Waals surface area contributed by atoms with Crippen LogP contribution in [-0.2, 0) is 4.74 Å². The first-order chi connectivity index (χ1) is 7.04. The molecule has 1 rings (SSSR count). The third-order valence-electron chi connectivity index (χ3n) is 1.89. The number of hydrogen-bond donors (Lipinski definition) is 0. The molecule has 0 unspecified atom stereocenters. The zero-order valence-corrected chi connectivity index (χ0v) is 10.7. The SMILES string of the molecule is CCOC(=O)c1cc(Br)cc(C(C)C)n1. The van der Waals surface area contributed by atoms with E-state index in [4.69, 9.17) is 4.74 Å². The van der Waals surface area contributed by atoms with E-state index in [0.29, 0.717) is 12.3 Å². The molecule has 0 radical (unpaired) electrons. The minimum atomic E-state index is -0.374. The summed E-state index contributed by atoms with van der Waals surface area (Å²) in [6.07, 6.45) is 0. The fourth-order valence-corrected chi connectivity index (χ4v) is 1.57. The Morgan fingerprint density at radius 3 is 2.73 bits per heavy atom. The molecule has 1 heterocycles. The summed E-state index contributed by atoms with van der Waals surface area (Å²) < 4.78 is 5.75. The van der Waals surface area contributed by atoms with Gasteiger partial charge in [-0.15, -0.1) is 0 Å². The highest BCUT2D eigenvalue weighted by atomic mass is 79.9. The number of carbonyl (C=O) groups is 1. The zero-order valence-electron chi connectivity index (χ0n) is 9.08. The van der Waals surface area contributed by atoms with Crippen LogP contribution in [0.4, 0.5) is 0 Å². The van der Waals surface area contributed by atoms with Gasteiger partial charge in [-0.3, -0.25) is 0 Å². The molecule has 0 aromatic carbocycles. The predicted octanol–water partition coefficient (Wildman–Crippen LogP) is 3.14. The molecule has 0 N–H and O–H groups in total. The van der Waals surface area contributed by atoms with E-state index in [1.54, 1.807) is 13.0 Å². The summed E-state index contributed by atoms with van der Waals surface area (Å²) in [6.45, 7) is 6.21. The van der Waals surface area contributed by atoms with Crippen LogP contribution < -0.4 is 0 Å². The van der Waals surface area contributed by atoms with E-state index in [-0.39, 0.29) is 11.9 Å².